The van der Waals surface area contributed by atoms with E-state index in [4.69, 9.17) is 10.5 Å². The molecule has 0 spiro atoms. The van der Waals surface area contributed by atoms with Gasteiger partial charge in [-0.1, -0.05) is 27.2 Å². The molecule has 0 N–H and O–H groups in total. The number of rotatable bonds is 3. The minimum atomic E-state index is -0.159. The Balaban J connectivity index is 3.42. The van der Waals surface area contributed by atoms with Crippen molar-refractivity contribution in [3.05, 3.63) is 29.1 Å². The van der Waals surface area contributed by atoms with Crippen molar-refractivity contribution in [2.45, 2.75) is 39.0 Å². The fraction of sp³-hybridized carbons (Fsp3) is 0.462. The van der Waals surface area contributed by atoms with Gasteiger partial charge in [-0.2, -0.15) is 10.5 Å². The van der Waals surface area contributed by atoms with Gasteiger partial charge in [-0.3, -0.25) is 4.98 Å². The predicted molar refractivity (Wildman–Crippen MR) is 61.6 cm³/mol. The molecule has 0 aliphatic heterocycles. The molecule has 0 saturated carbocycles. The summed E-state index contributed by atoms with van der Waals surface area (Å²) < 4.78 is 0. The molecule has 0 radical (unpaired) electrons. The van der Waals surface area contributed by atoms with Crippen LogP contribution in [0.2, 0.25) is 0 Å². The van der Waals surface area contributed by atoms with Gasteiger partial charge >= 0.3 is 0 Å². The molecule has 3 heteroatoms. The summed E-state index contributed by atoms with van der Waals surface area (Å²) in [5.41, 5.74) is 1.69. The van der Waals surface area contributed by atoms with Crippen LogP contribution in [0.1, 0.15) is 50.3 Å². The third kappa shape index (κ3) is 2.20. The fourth-order valence-corrected chi connectivity index (χ4v) is 2.11. The molecule has 0 unspecified atom stereocenters. The molecule has 1 aromatic rings. The lowest BCUT2D eigenvalue weighted by atomic mass is 9.77. The Morgan fingerprint density at radius 1 is 1.19 bits per heavy atom. The first-order valence-electron chi connectivity index (χ1n) is 5.35. The Morgan fingerprint density at radius 3 is 2.06 bits per heavy atom. The molecular weight excluding hydrogens is 198 g/mol. The molecule has 0 bridgehead atoms. The van der Waals surface area contributed by atoms with Crippen molar-refractivity contribution in [3.63, 3.8) is 0 Å². The van der Waals surface area contributed by atoms with Crippen molar-refractivity contribution < 1.29 is 0 Å². The van der Waals surface area contributed by atoms with Gasteiger partial charge < -0.3 is 0 Å². The van der Waals surface area contributed by atoms with Gasteiger partial charge in [0.1, 0.15) is 12.1 Å². The van der Waals surface area contributed by atoms with E-state index < -0.39 is 0 Å². The summed E-state index contributed by atoms with van der Waals surface area (Å²) in [5.74, 6) is 0. The highest BCUT2D eigenvalue weighted by Crippen LogP contribution is 2.32. The van der Waals surface area contributed by atoms with Crippen LogP contribution in [0.25, 0.3) is 0 Å². The van der Waals surface area contributed by atoms with E-state index in [2.05, 4.69) is 37.9 Å². The zero-order valence-electron chi connectivity index (χ0n) is 9.91. The van der Waals surface area contributed by atoms with E-state index in [0.29, 0.717) is 11.1 Å². The molecule has 1 aromatic heterocycles. The smallest absolute Gasteiger partial charge is 0.101 e. The van der Waals surface area contributed by atoms with Gasteiger partial charge in [0, 0.05) is 12.4 Å². The van der Waals surface area contributed by atoms with E-state index in [1.807, 2.05) is 0 Å². The second kappa shape index (κ2) is 4.77. The molecule has 1 heterocycles. The van der Waals surface area contributed by atoms with Crippen LogP contribution in [0.3, 0.4) is 0 Å². The van der Waals surface area contributed by atoms with Crippen LogP contribution in [-0.4, -0.2) is 4.98 Å². The summed E-state index contributed by atoms with van der Waals surface area (Å²) in [7, 11) is 0. The molecular formula is C13H15N3. The molecule has 0 amide bonds. The second-order valence-electron chi connectivity index (χ2n) is 4.47. The van der Waals surface area contributed by atoms with Gasteiger partial charge in [0.2, 0.25) is 0 Å². The minimum absolute atomic E-state index is 0.159. The first-order valence-corrected chi connectivity index (χ1v) is 5.35. The maximum Gasteiger partial charge on any atom is 0.101 e. The fourth-order valence-electron chi connectivity index (χ4n) is 2.11. The molecule has 0 saturated heterocycles. The Bertz CT molecular complexity index is 429. The van der Waals surface area contributed by atoms with Crippen LogP contribution >= 0.6 is 0 Å². The highest BCUT2D eigenvalue weighted by molar-refractivity contribution is 5.49. The van der Waals surface area contributed by atoms with Crippen molar-refractivity contribution in [1.29, 1.82) is 10.5 Å². The number of pyridine rings is 1. The lowest BCUT2D eigenvalue weighted by Crippen LogP contribution is -2.20. The van der Waals surface area contributed by atoms with E-state index in [9.17, 15) is 0 Å². The van der Waals surface area contributed by atoms with Crippen LogP contribution < -0.4 is 0 Å². The van der Waals surface area contributed by atoms with Gasteiger partial charge in [0.05, 0.1) is 11.1 Å². The lowest BCUT2D eigenvalue weighted by Gasteiger charge is -2.26. The Hall–Kier alpha value is -1.87. The summed E-state index contributed by atoms with van der Waals surface area (Å²) in [4.78, 5) is 3.92. The molecule has 0 fully saturated rings. The lowest BCUT2D eigenvalue weighted by molar-refractivity contribution is 0.470. The van der Waals surface area contributed by atoms with Crippen molar-refractivity contribution in [2.75, 3.05) is 0 Å². The molecule has 82 valence electrons. The standard InChI is InChI=1S/C13H15N3/c1-4-5-13(2,3)12-10(6-14)8-16-9-11(12)7-15/h8-9H,4-5H2,1-3H3. The third-order valence-corrected chi connectivity index (χ3v) is 2.74. The van der Waals surface area contributed by atoms with Crippen molar-refractivity contribution in [2.24, 2.45) is 0 Å². The largest absolute Gasteiger partial charge is 0.262 e. The van der Waals surface area contributed by atoms with E-state index in [0.717, 1.165) is 18.4 Å². The van der Waals surface area contributed by atoms with E-state index in [1.165, 1.54) is 12.4 Å². The average molecular weight is 213 g/mol. The maximum absolute atomic E-state index is 9.07. The van der Waals surface area contributed by atoms with Crippen molar-refractivity contribution >= 4 is 0 Å². The summed E-state index contributed by atoms with van der Waals surface area (Å²) in [6.07, 6.45) is 5.03. The van der Waals surface area contributed by atoms with Crippen molar-refractivity contribution in [3.8, 4) is 12.1 Å². The van der Waals surface area contributed by atoms with Crippen LogP contribution in [0.5, 0.6) is 0 Å². The molecule has 1 rings (SSSR count). The Morgan fingerprint density at radius 2 is 1.69 bits per heavy atom. The highest BCUT2D eigenvalue weighted by atomic mass is 14.6. The molecule has 0 aromatic carbocycles. The summed E-state index contributed by atoms with van der Waals surface area (Å²) >= 11 is 0. The van der Waals surface area contributed by atoms with Crippen molar-refractivity contribution in [1.82, 2.24) is 4.98 Å². The first kappa shape index (κ1) is 12.2. The number of aromatic nitrogens is 1. The van der Waals surface area contributed by atoms with Crippen LogP contribution in [0.4, 0.5) is 0 Å². The number of nitrogens with zero attached hydrogens (tertiary/aromatic N) is 3. The SMILES string of the molecule is CCCC(C)(C)c1c(C#N)cncc1C#N. The van der Waals surface area contributed by atoms with Gasteiger partial charge in [0.25, 0.3) is 0 Å². The molecule has 0 atom stereocenters. The normalized spacial score (nSPS) is 10.6. The zero-order chi connectivity index (χ0) is 12.2. The van der Waals surface area contributed by atoms with Gasteiger partial charge in [0.15, 0.2) is 0 Å². The zero-order valence-corrected chi connectivity index (χ0v) is 9.91. The monoisotopic (exact) mass is 213 g/mol. The highest BCUT2D eigenvalue weighted by Gasteiger charge is 2.26. The quantitative estimate of drug-likeness (QED) is 0.775. The summed E-state index contributed by atoms with van der Waals surface area (Å²) in [6.45, 7) is 6.22. The van der Waals surface area contributed by atoms with Crippen LogP contribution in [0.15, 0.2) is 12.4 Å². The first-order chi connectivity index (χ1) is 7.56. The van der Waals surface area contributed by atoms with E-state index in [1.54, 1.807) is 0 Å². The van der Waals surface area contributed by atoms with E-state index in [-0.39, 0.29) is 5.41 Å². The topological polar surface area (TPSA) is 60.5 Å². The molecule has 16 heavy (non-hydrogen) atoms. The average Bonchev–Trinajstić information content (AvgIpc) is 2.27. The summed E-state index contributed by atoms with van der Waals surface area (Å²) in [5, 5.41) is 18.1. The summed E-state index contributed by atoms with van der Waals surface area (Å²) in [6, 6.07) is 4.24. The second-order valence-corrected chi connectivity index (χ2v) is 4.47. The van der Waals surface area contributed by atoms with Gasteiger partial charge in [-0.25, -0.2) is 0 Å². The molecule has 3 nitrogen and oxygen atoms in total. The molecule has 0 aliphatic carbocycles. The third-order valence-electron chi connectivity index (χ3n) is 2.74. The van der Waals surface area contributed by atoms with Crippen LogP contribution in [-0.2, 0) is 5.41 Å². The number of nitriles is 2. The van der Waals surface area contributed by atoms with Gasteiger partial charge in [-0.15, -0.1) is 0 Å². The van der Waals surface area contributed by atoms with Gasteiger partial charge in [-0.05, 0) is 17.4 Å². The number of hydrogen-bond donors (Lipinski definition) is 0. The Kier molecular flexibility index (Phi) is 3.64. The van der Waals surface area contributed by atoms with Crippen LogP contribution in [0, 0.1) is 22.7 Å². The number of hydrogen-bond acceptors (Lipinski definition) is 3. The molecule has 0 aliphatic rings. The van der Waals surface area contributed by atoms with E-state index >= 15 is 0 Å². The predicted octanol–water partition coefficient (Wildman–Crippen LogP) is 2.90. The minimum Gasteiger partial charge on any atom is -0.262 e. The maximum atomic E-state index is 9.07. The Labute approximate surface area is 96.4 Å².